The molecular weight excluding hydrogens is 232 g/mol. The Morgan fingerprint density at radius 2 is 1.82 bits per heavy atom. The molecule has 1 aliphatic heterocycles. The maximum atomic E-state index is 11.1. The minimum absolute atomic E-state index is 0.177. The summed E-state index contributed by atoms with van der Waals surface area (Å²) in [5.41, 5.74) is 0.177. The minimum atomic E-state index is -1.64. The van der Waals surface area contributed by atoms with Gasteiger partial charge in [0.2, 0.25) is 0 Å². The van der Waals surface area contributed by atoms with Gasteiger partial charge in [-0.25, -0.2) is 4.79 Å². The summed E-state index contributed by atoms with van der Waals surface area (Å²) >= 11 is 0. The summed E-state index contributed by atoms with van der Waals surface area (Å²) in [6.45, 7) is 4.46. The first-order valence-electron chi connectivity index (χ1n) is 5.05. The number of carbonyl (C=O) groups is 1. The average Bonchev–Trinajstić information content (AvgIpc) is 2.28. The number of aliphatic hydroxyl groups is 4. The molecule has 0 radical (unpaired) electrons. The largest absolute Gasteiger partial charge is 0.459 e. The van der Waals surface area contributed by atoms with E-state index in [9.17, 15) is 25.2 Å². The Bertz CT molecular complexity index is 303. The van der Waals surface area contributed by atoms with Crippen LogP contribution in [-0.2, 0) is 14.3 Å². The van der Waals surface area contributed by atoms with Crippen LogP contribution in [-0.4, -0.2) is 63.7 Å². The Morgan fingerprint density at radius 1 is 1.24 bits per heavy atom. The van der Waals surface area contributed by atoms with Crippen LogP contribution in [0.2, 0.25) is 0 Å². The molecule has 7 nitrogen and oxygen atoms in total. The topological polar surface area (TPSA) is 116 Å². The van der Waals surface area contributed by atoms with E-state index < -0.39 is 36.7 Å². The van der Waals surface area contributed by atoms with Crippen LogP contribution in [0.5, 0.6) is 0 Å². The number of esters is 1. The van der Waals surface area contributed by atoms with E-state index in [2.05, 4.69) is 6.58 Å². The fourth-order valence-corrected chi connectivity index (χ4v) is 1.35. The van der Waals surface area contributed by atoms with Crippen LogP contribution in [0.15, 0.2) is 12.2 Å². The molecule has 0 aromatic rings. The van der Waals surface area contributed by atoms with Crippen LogP contribution >= 0.6 is 0 Å². The highest BCUT2D eigenvalue weighted by atomic mass is 16.6. The average molecular weight is 248 g/mol. The van der Waals surface area contributed by atoms with Crippen molar-refractivity contribution in [2.75, 3.05) is 6.61 Å². The van der Waals surface area contributed by atoms with Gasteiger partial charge in [-0.3, -0.25) is 0 Å². The fourth-order valence-electron chi connectivity index (χ4n) is 1.35. The van der Waals surface area contributed by atoms with Crippen molar-refractivity contribution in [1.29, 1.82) is 0 Å². The highest BCUT2D eigenvalue weighted by Crippen LogP contribution is 2.20. The molecule has 1 saturated heterocycles. The number of rotatable bonds is 3. The van der Waals surface area contributed by atoms with Gasteiger partial charge in [0.05, 0.1) is 0 Å². The normalized spacial score (nSPS) is 37.6. The summed E-state index contributed by atoms with van der Waals surface area (Å²) in [7, 11) is 0. The zero-order chi connectivity index (χ0) is 13.2. The van der Waals surface area contributed by atoms with Gasteiger partial charge in [0.1, 0.15) is 31.0 Å². The van der Waals surface area contributed by atoms with Crippen molar-refractivity contribution in [3.05, 3.63) is 12.2 Å². The molecule has 98 valence electrons. The molecule has 0 aromatic heterocycles. The maximum Gasteiger partial charge on any atom is 0.333 e. The molecule has 1 aliphatic rings. The van der Waals surface area contributed by atoms with E-state index in [0.29, 0.717) is 0 Å². The monoisotopic (exact) mass is 248 g/mol. The molecule has 0 amide bonds. The Kier molecular flexibility index (Phi) is 4.61. The molecule has 5 atom stereocenters. The van der Waals surface area contributed by atoms with Gasteiger partial charge in [-0.15, -0.1) is 0 Å². The number of aliphatic hydroxyl groups excluding tert-OH is 4. The van der Waals surface area contributed by atoms with Crippen molar-refractivity contribution in [1.82, 2.24) is 0 Å². The Morgan fingerprint density at radius 3 is 2.35 bits per heavy atom. The standard InChI is InChI=1S/C10H16O7/c1-4(2)9(14)16-3-5-6(11)7(12)8(13)10(15)17-5/h5-8,10-13,15H,1,3H2,2H3/t5?,6-,7?,8-,10-/m1/s1. The highest BCUT2D eigenvalue weighted by Gasteiger charge is 2.43. The molecule has 0 spiro atoms. The van der Waals surface area contributed by atoms with Crippen LogP contribution in [0.1, 0.15) is 6.92 Å². The summed E-state index contributed by atoms with van der Waals surface area (Å²) in [6.07, 6.45) is -7.36. The second kappa shape index (κ2) is 5.56. The lowest BCUT2D eigenvalue weighted by Gasteiger charge is -2.37. The van der Waals surface area contributed by atoms with Gasteiger partial charge in [0, 0.05) is 5.57 Å². The van der Waals surface area contributed by atoms with Crippen LogP contribution in [0.4, 0.5) is 0 Å². The Hall–Kier alpha value is -0.990. The van der Waals surface area contributed by atoms with Gasteiger partial charge >= 0.3 is 5.97 Å². The van der Waals surface area contributed by atoms with Gasteiger partial charge in [0.25, 0.3) is 0 Å². The third-order valence-corrected chi connectivity index (χ3v) is 2.41. The highest BCUT2D eigenvalue weighted by molar-refractivity contribution is 5.86. The molecule has 0 aliphatic carbocycles. The first kappa shape index (κ1) is 14.1. The maximum absolute atomic E-state index is 11.1. The second-order valence-electron chi connectivity index (χ2n) is 3.92. The summed E-state index contributed by atoms with van der Waals surface area (Å²) in [4.78, 5) is 11.1. The number of ether oxygens (including phenoxy) is 2. The minimum Gasteiger partial charge on any atom is -0.459 e. The van der Waals surface area contributed by atoms with E-state index in [4.69, 9.17) is 9.47 Å². The lowest BCUT2D eigenvalue weighted by Crippen LogP contribution is -2.58. The second-order valence-corrected chi connectivity index (χ2v) is 3.92. The first-order valence-corrected chi connectivity index (χ1v) is 5.05. The SMILES string of the molecule is C=C(C)C(=O)OCC1O[C@@H](O)[C@H](O)C(O)[C@@H]1O. The molecule has 1 heterocycles. The lowest BCUT2D eigenvalue weighted by molar-refractivity contribution is -0.287. The zero-order valence-electron chi connectivity index (χ0n) is 9.31. The molecule has 0 saturated carbocycles. The summed E-state index contributed by atoms with van der Waals surface area (Å²) in [5.74, 6) is -0.670. The fraction of sp³-hybridized carbons (Fsp3) is 0.700. The van der Waals surface area contributed by atoms with Gasteiger partial charge < -0.3 is 29.9 Å². The Labute approximate surface area is 97.9 Å². The third kappa shape index (κ3) is 3.24. The molecule has 2 unspecified atom stereocenters. The molecule has 1 rings (SSSR count). The van der Waals surface area contributed by atoms with Gasteiger partial charge in [-0.2, -0.15) is 0 Å². The van der Waals surface area contributed by atoms with E-state index in [0.717, 1.165) is 0 Å². The molecule has 0 aromatic carbocycles. The zero-order valence-corrected chi connectivity index (χ0v) is 9.31. The predicted molar refractivity (Wildman–Crippen MR) is 54.7 cm³/mol. The van der Waals surface area contributed by atoms with Gasteiger partial charge in [-0.1, -0.05) is 6.58 Å². The van der Waals surface area contributed by atoms with Crippen LogP contribution in [0, 0.1) is 0 Å². The molecule has 1 fully saturated rings. The number of carbonyl (C=O) groups excluding carboxylic acids is 1. The van der Waals surface area contributed by atoms with Crippen LogP contribution in [0.3, 0.4) is 0 Å². The van der Waals surface area contributed by atoms with E-state index in [1.165, 1.54) is 6.92 Å². The number of hydrogen-bond acceptors (Lipinski definition) is 7. The molecule has 17 heavy (non-hydrogen) atoms. The van der Waals surface area contributed by atoms with Crippen LogP contribution < -0.4 is 0 Å². The van der Waals surface area contributed by atoms with E-state index in [1.54, 1.807) is 0 Å². The smallest absolute Gasteiger partial charge is 0.333 e. The Balaban J connectivity index is 2.54. The van der Waals surface area contributed by atoms with E-state index in [1.807, 2.05) is 0 Å². The van der Waals surface area contributed by atoms with E-state index >= 15 is 0 Å². The van der Waals surface area contributed by atoms with Crippen molar-refractivity contribution in [3.8, 4) is 0 Å². The molecule has 7 heteroatoms. The number of hydrogen-bond donors (Lipinski definition) is 4. The van der Waals surface area contributed by atoms with Crippen LogP contribution in [0.25, 0.3) is 0 Å². The lowest BCUT2D eigenvalue weighted by atomic mass is 9.99. The van der Waals surface area contributed by atoms with Gasteiger partial charge in [-0.05, 0) is 6.92 Å². The summed E-state index contributed by atoms with van der Waals surface area (Å²) in [5, 5.41) is 37.3. The molecule has 4 N–H and O–H groups in total. The van der Waals surface area contributed by atoms with Crippen molar-refractivity contribution in [3.63, 3.8) is 0 Å². The quantitative estimate of drug-likeness (QED) is 0.334. The molecular formula is C10H16O7. The summed E-state index contributed by atoms with van der Waals surface area (Å²) in [6, 6.07) is 0. The van der Waals surface area contributed by atoms with Crippen molar-refractivity contribution < 1.29 is 34.7 Å². The first-order chi connectivity index (χ1) is 7.84. The predicted octanol–water partition coefficient (Wildman–Crippen LogP) is -2.09. The van der Waals surface area contributed by atoms with Crippen molar-refractivity contribution >= 4 is 5.97 Å². The third-order valence-electron chi connectivity index (χ3n) is 2.41. The van der Waals surface area contributed by atoms with Gasteiger partial charge in [0.15, 0.2) is 6.29 Å². The van der Waals surface area contributed by atoms with E-state index in [-0.39, 0.29) is 12.2 Å². The molecule has 0 bridgehead atoms. The van der Waals surface area contributed by atoms with Crippen molar-refractivity contribution in [2.24, 2.45) is 0 Å². The summed E-state index contributed by atoms with van der Waals surface area (Å²) < 4.78 is 9.52. The van der Waals surface area contributed by atoms with Crippen molar-refractivity contribution in [2.45, 2.75) is 37.6 Å².